The largest absolute Gasteiger partial charge is 0.496 e. The zero-order chi connectivity index (χ0) is 35.7. The molecule has 0 fully saturated rings. The minimum Gasteiger partial charge on any atom is -0.496 e. The average molecular weight is 647 g/mol. The molecule has 2 atom stereocenters. The van der Waals surface area contributed by atoms with Crippen molar-refractivity contribution in [2.45, 2.75) is 109 Å². The number of benzene rings is 1. The maximum absolute atomic E-state index is 14.4. The Labute approximate surface area is 278 Å². The van der Waals surface area contributed by atoms with Gasteiger partial charge < -0.3 is 14.2 Å². The third kappa shape index (κ3) is 4.34. The normalized spacial score (nSPS) is 25.3. The van der Waals surface area contributed by atoms with Gasteiger partial charge in [-0.25, -0.2) is 0 Å². The van der Waals surface area contributed by atoms with Crippen LogP contribution in [0.5, 0.6) is 17.2 Å². The summed E-state index contributed by atoms with van der Waals surface area (Å²) in [6.45, 7) is 25.2. The smallest absolute Gasteiger partial charge is 0.175 e. The van der Waals surface area contributed by atoms with Gasteiger partial charge in [0.05, 0.1) is 28.8 Å². The van der Waals surface area contributed by atoms with E-state index in [1.54, 1.807) is 69.2 Å². The van der Waals surface area contributed by atoms with Gasteiger partial charge in [-0.3, -0.25) is 24.0 Å². The quantitative estimate of drug-likeness (QED) is 0.236. The molecule has 254 valence electrons. The molecule has 0 saturated heterocycles. The summed E-state index contributed by atoms with van der Waals surface area (Å²) in [6, 6.07) is 0. The van der Waals surface area contributed by atoms with Crippen molar-refractivity contribution in [3.63, 3.8) is 0 Å². The molecule has 47 heavy (non-hydrogen) atoms. The number of rotatable bonds is 5. The molecule has 1 aromatic rings. The summed E-state index contributed by atoms with van der Waals surface area (Å²) in [4.78, 5) is 70.8. The Morgan fingerprint density at radius 1 is 0.617 bits per heavy atom. The van der Waals surface area contributed by atoms with Gasteiger partial charge in [-0.1, -0.05) is 41.5 Å². The number of allylic oxidation sites excluding steroid dienone is 4. The van der Waals surface area contributed by atoms with Gasteiger partial charge in [0.15, 0.2) is 28.9 Å². The van der Waals surface area contributed by atoms with E-state index in [0.29, 0.717) is 28.0 Å². The first-order valence-electron chi connectivity index (χ1n) is 16.8. The molecule has 2 aliphatic carbocycles. The maximum Gasteiger partial charge on any atom is 0.175 e. The first kappa shape index (κ1) is 34.8. The highest BCUT2D eigenvalue weighted by Crippen LogP contribution is 2.64. The van der Waals surface area contributed by atoms with E-state index in [4.69, 9.17) is 14.2 Å². The second-order valence-corrected chi connectivity index (χ2v) is 16.9. The van der Waals surface area contributed by atoms with Gasteiger partial charge in [-0.2, -0.15) is 0 Å². The molecule has 0 unspecified atom stereocenters. The van der Waals surface area contributed by atoms with Crippen LogP contribution in [0.2, 0.25) is 0 Å². The van der Waals surface area contributed by atoms with Gasteiger partial charge in [0, 0.05) is 40.0 Å². The highest BCUT2D eigenvalue weighted by Gasteiger charge is 2.61. The van der Waals surface area contributed by atoms with Crippen LogP contribution >= 0.6 is 0 Å². The summed E-state index contributed by atoms with van der Waals surface area (Å²) in [6.07, 6.45) is 0. The van der Waals surface area contributed by atoms with Crippen molar-refractivity contribution in [3.8, 4) is 17.2 Å². The molecular formula is C39H50O8. The fraction of sp³-hybridized carbons (Fsp3) is 0.615. The van der Waals surface area contributed by atoms with E-state index in [1.165, 1.54) is 7.11 Å². The van der Waals surface area contributed by atoms with Crippen LogP contribution in [0.25, 0.3) is 0 Å². The summed E-state index contributed by atoms with van der Waals surface area (Å²) in [7, 11) is 1.53. The third-order valence-corrected chi connectivity index (χ3v) is 10.9. The lowest BCUT2D eigenvalue weighted by Crippen LogP contribution is -2.52. The van der Waals surface area contributed by atoms with Crippen molar-refractivity contribution in [1.82, 2.24) is 0 Å². The van der Waals surface area contributed by atoms with E-state index in [2.05, 4.69) is 0 Å². The monoisotopic (exact) mass is 646 g/mol. The number of fused-ring (bicyclic) bond motifs is 2. The van der Waals surface area contributed by atoms with Crippen LogP contribution < -0.4 is 14.2 Å². The van der Waals surface area contributed by atoms with Gasteiger partial charge in [0.25, 0.3) is 0 Å². The van der Waals surface area contributed by atoms with Crippen LogP contribution in [0.1, 0.15) is 130 Å². The molecule has 0 N–H and O–H groups in total. The Balaban J connectivity index is 2.00. The van der Waals surface area contributed by atoms with E-state index in [9.17, 15) is 24.0 Å². The number of ketones is 5. The molecular weight excluding hydrogens is 596 g/mol. The van der Waals surface area contributed by atoms with Gasteiger partial charge >= 0.3 is 0 Å². The fourth-order valence-corrected chi connectivity index (χ4v) is 8.52. The lowest BCUT2D eigenvalue weighted by Gasteiger charge is -2.48. The van der Waals surface area contributed by atoms with E-state index >= 15 is 0 Å². The van der Waals surface area contributed by atoms with Crippen LogP contribution in [0, 0.1) is 39.4 Å². The standard InChI is InChI=1S/C39H50O8/c1-16(2)19-21-27(45-15)22-20(17(3)4)24-31(42)37(9,10)35(44)39(13,14)33(24)47-29(22)25(26(40)18(5)6)28(21)46-32-23(19)30(41)36(7,8)34(43)38(32,11)12/h16-20H,1-15H3/t19-,20+. The number of methoxy groups -OCH3 is 1. The lowest BCUT2D eigenvalue weighted by molar-refractivity contribution is -0.146. The van der Waals surface area contributed by atoms with Gasteiger partial charge in [0.1, 0.15) is 34.3 Å². The number of hydrogen-bond donors (Lipinski definition) is 0. The summed E-state index contributed by atoms with van der Waals surface area (Å²) in [5.41, 5.74) is -2.89. The minimum atomic E-state index is -1.30. The Kier molecular flexibility index (Phi) is 7.75. The predicted molar refractivity (Wildman–Crippen MR) is 178 cm³/mol. The molecule has 8 nitrogen and oxygen atoms in total. The summed E-state index contributed by atoms with van der Waals surface area (Å²) in [5.74, 6) is -2.22. The zero-order valence-electron chi connectivity index (χ0n) is 30.7. The van der Waals surface area contributed by atoms with Crippen LogP contribution in [-0.4, -0.2) is 36.0 Å². The molecule has 0 saturated carbocycles. The zero-order valence-corrected chi connectivity index (χ0v) is 30.7. The second-order valence-electron chi connectivity index (χ2n) is 16.9. The molecule has 5 rings (SSSR count). The van der Waals surface area contributed by atoms with Crippen molar-refractivity contribution in [2.24, 2.45) is 39.4 Å². The highest BCUT2D eigenvalue weighted by molar-refractivity contribution is 6.21. The topological polar surface area (TPSA) is 113 Å². The SMILES string of the molecule is COc1c2c(c(C(=O)C(C)C)c3c1[C@@H](C(C)C)C1=C(O3)C(C)(C)C(=O)C(C)(C)C1=O)OC1=C(C(=O)C(C)(C)C(=O)C1(C)C)[C@H]2C(C)C. The van der Waals surface area contributed by atoms with Gasteiger partial charge in [-0.15, -0.1) is 0 Å². The van der Waals surface area contributed by atoms with E-state index in [0.717, 1.165) is 0 Å². The number of hydrogen-bond acceptors (Lipinski definition) is 8. The number of carbonyl (C=O) groups excluding carboxylic acids is 5. The molecule has 0 spiro atoms. The first-order valence-corrected chi connectivity index (χ1v) is 16.8. The number of Topliss-reactive ketones (excluding diaryl/α,β-unsaturated/α-hetero) is 5. The minimum absolute atomic E-state index is 0.168. The molecule has 0 radical (unpaired) electrons. The number of carbonyl (C=O) groups is 5. The fourth-order valence-electron chi connectivity index (χ4n) is 8.52. The van der Waals surface area contributed by atoms with Gasteiger partial charge in [-0.05, 0) is 67.2 Å². The molecule has 4 aliphatic rings. The summed E-state index contributed by atoms with van der Waals surface area (Å²) >= 11 is 0. The summed E-state index contributed by atoms with van der Waals surface area (Å²) < 4.78 is 19.8. The molecule has 0 amide bonds. The van der Waals surface area contributed by atoms with Crippen LogP contribution in [0.3, 0.4) is 0 Å². The lowest BCUT2D eigenvalue weighted by atomic mass is 9.58. The number of ether oxygens (including phenoxy) is 3. The maximum atomic E-state index is 14.4. The van der Waals surface area contributed by atoms with Crippen molar-refractivity contribution in [1.29, 1.82) is 0 Å². The van der Waals surface area contributed by atoms with E-state index in [-0.39, 0.29) is 69.3 Å². The summed E-state index contributed by atoms with van der Waals surface area (Å²) in [5, 5.41) is 0. The molecule has 2 aliphatic heterocycles. The molecule has 8 heteroatoms. The van der Waals surface area contributed by atoms with Crippen molar-refractivity contribution in [3.05, 3.63) is 39.4 Å². The van der Waals surface area contributed by atoms with Crippen molar-refractivity contribution in [2.75, 3.05) is 7.11 Å². The Bertz CT molecular complexity index is 1620. The Hall–Kier alpha value is -3.55. The van der Waals surface area contributed by atoms with E-state index < -0.39 is 39.4 Å². The first-order chi connectivity index (χ1) is 21.4. The Morgan fingerprint density at radius 2 is 0.957 bits per heavy atom. The van der Waals surface area contributed by atoms with Crippen molar-refractivity contribution < 1.29 is 38.2 Å². The van der Waals surface area contributed by atoms with Gasteiger partial charge in [0.2, 0.25) is 0 Å². The predicted octanol–water partition coefficient (Wildman–Crippen LogP) is 7.71. The molecule has 0 aromatic heterocycles. The van der Waals surface area contributed by atoms with E-state index in [1.807, 2.05) is 27.7 Å². The molecule has 1 aromatic carbocycles. The second kappa shape index (κ2) is 10.5. The van der Waals surface area contributed by atoms with Crippen LogP contribution in [-0.2, 0) is 19.2 Å². The molecule has 0 bridgehead atoms. The third-order valence-electron chi connectivity index (χ3n) is 10.9. The molecule has 2 heterocycles. The Morgan fingerprint density at radius 3 is 1.23 bits per heavy atom. The van der Waals surface area contributed by atoms with Crippen molar-refractivity contribution >= 4 is 28.9 Å². The highest BCUT2D eigenvalue weighted by atomic mass is 16.5. The van der Waals surface area contributed by atoms with Crippen LogP contribution in [0.15, 0.2) is 22.7 Å². The van der Waals surface area contributed by atoms with Crippen LogP contribution in [0.4, 0.5) is 0 Å². The average Bonchev–Trinajstić information content (AvgIpc) is 2.98.